The van der Waals surface area contributed by atoms with Crippen LogP contribution in [0, 0.1) is 17.9 Å². The van der Waals surface area contributed by atoms with Crippen molar-refractivity contribution in [3.63, 3.8) is 0 Å². The summed E-state index contributed by atoms with van der Waals surface area (Å²) < 4.78 is 0. The SMILES string of the molecule is [CH2]N(C(=N)N)C(=N)N. The summed E-state index contributed by atoms with van der Waals surface area (Å²) in [7, 11) is 3.17. The number of guanidine groups is 2. The lowest BCUT2D eigenvalue weighted by Gasteiger charge is -2.11. The van der Waals surface area contributed by atoms with Crippen LogP contribution in [-0.2, 0) is 0 Å². The van der Waals surface area contributed by atoms with Crippen LogP contribution >= 0.6 is 0 Å². The van der Waals surface area contributed by atoms with Crippen LogP contribution in [0.3, 0.4) is 0 Å². The highest BCUT2D eigenvalue weighted by Crippen LogP contribution is 1.75. The van der Waals surface area contributed by atoms with Crippen LogP contribution in [0.25, 0.3) is 0 Å². The van der Waals surface area contributed by atoms with Crippen molar-refractivity contribution in [2.75, 3.05) is 0 Å². The maximum absolute atomic E-state index is 6.65. The molecule has 5 nitrogen and oxygen atoms in total. The normalized spacial score (nSPS) is 8.12. The van der Waals surface area contributed by atoms with E-state index in [1.807, 2.05) is 0 Å². The van der Waals surface area contributed by atoms with Gasteiger partial charge in [0.15, 0.2) is 11.9 Å². The van der Waals surface area contributed by atoms with Crippen molar-refractivity contribution in [1.29, 1.82) is 10.8 Å². The molecule has 0 amide bonds. The summed E-state index contributed by atoms with van der Waals surface area (Å²) in [5.41, 5.74) is 9.73. The molecule has 0 fully saturated rings. The topological polar surface area (TPSA) is 103 Å². The molecule has 0 spiro atoms. The van der Waals surface area contributed by atoms with Crippen molar-refractivity contribution in [2.24, 2.45) is 11.5 Å². The Hall–Kier alpha value is -1.26. The minimum atomic E-state index is -0.336. The van der Waals surface area contributed by atoms with Crippen LogP contribution in [0.15, 0.2) is 0 Å². The molecular weight excluding hydrogens is 106 g/mol. The van der Waals surface area contributed by atoms with E-state index in [2.05, 4.69) is 7.05 Å². The first kappa shape index (κ1) is 6.74. The number of nitrogens with zero attached hydrogens (tertiary/aromatic N) is 1. The fourth-order valence-electron chi connectivity index (χ4n) is 0.130. The van der Waals surface area contributed by atoms with E-state index in [4.69, 9.17) is 22.3 Å². The van der Waals surface area contributed by atoms with Gasteiger partial charge < -0.3 is 11.5 Å². The van der Waals surface area contributed by atoms with Crippen LogP contribution in [-0.4, -0.2) is 16.8 Å². The molecule has 45 valence electrons. The quantitative estimate of drug-likeness (QED) is 0.236. The predicted octanol–water partition coefficient (Wildman–Crippen LogP) is -1.13. The van der Waals surface area contributed by atoms with Gasteiger partial charge in [0.05, 0.1) is 0 Å². The summed E-state index contributed by atoms with van der Waals surface area (Å²) in [6, 6.07) is 0. The van der Waals surface area contributed by atoms with Crippen molar-refractivity contribution in [3.05, 3.63) is 7.05 Å². The lowest BCUT2D eigenvalue weighted by molar-refractivity contribution is 0.778. The zero-order valence-corrected chi connectivity index (χ0v) is 4.31. The molecule has 6 N–H and O–H groups in total. The second-order valence-corrected chi connectivity index (χ2v) is 1.20. The predicted molar refractivity (Wildman–Crippen MR) is 31.0 cm³/mol. The van der Waals surface area contributed by atoms with Gasteiger partial charge in [-0.15, -0.1) is 0 Å². The van der Waals surface area contributed by atoms with Crippen molar-refractivity contribution in [2.45, 2.75) is 0 Å². The molecular formula is C3H8N5. The van der Waals surface area contributed by atoms with E-state index >= 15 is 0 Å². The Balaban J connectivity index is 3.83. The lowest BCUT2D eigenvalue weighted by atomic mass is 10.7. The molecule has 0 saturated heterocycles. The molecule has 0 rings (SSSR count). The zero-order valence-electron chi connectivity index (χ0n) is 4.31. The van der Waals surface area contributed by atoms with Crippen LogP contribution in [0.1, 0.15) is 0 Å². The van der Waals surface area contributed by atoms with E-state index in [1.54, 1.807) is 0 Å². The zero-order chi connectivity index (χ0) is 6.73. The first-order valence-corrected chi connectivity index (χ1v) is 1.84. The molecule has 0 aliphatic carbocycles. The van der Waals surface area contributed by atoms with E-state index < -0.39 is 0 Å². The fourth-order valence-corrected chi connectivity index (χ4v) is 0.130. The van der Waals surface area contributed by atoms with Gasteiger partial charge in [-0.2, -0.15) is 0 Å². The lowest BCUT2D eigenvalue weighted by Crippen LogP contribution is -2.40. The Kier molecular flexibility index (Phi) is 1.81. The third kappa shape index (κ3) is 1.46. The minimum absolute atomic E-state index is 0.336. The molecule has 0 saturated carbocycles. The highest BCUT2D eigenvalue weighted by atomic mass is 15.3. The number of nitrogens with one attached hydrogen (secondary N) is 2. The Bertz CT molecular complexity index is 103. The number of rotatable bonds is 0. The van der Waals surface area contributed by atoms with Gasteiger partial charge in [-0.05, 0) is 0 Å². The highest BCUT2D eigenvalue weighted by molar-refractivity contribution is 5.94. The van der Waals surface area contributed by atoms with Crippen LogP contribution in [0.4, 0.5) is 0 Å². The maximum Gasteiger partial charge on any atom is 0.195 e. The van der Waals surface area contributed by atoms with Gasteiger partial charge in [-0.3, -0.25) is 15.7 Å². The highest BCUT2D eigenvalue weighted by Gasteiger charge is 1.99. The van der Waals surface area contributed by atoms with Gasteiger partial charge in [0.2, 0.25) is 0 Å². The third-order valence-corrected chi connectivity index (χ3v) is 0.582. The van der Waals surface area contributed by atoms with Gasteiger partial charge in [-0.25, -0.2) is 0 Å². The second kappa shape index (κ2) is 2.15. The van der Waals surface area contributed by atoms with E-state index in [0.29, 0.717) is 0 Å². The molecule has 5 heteroatoms. The summed E-state index contributed by atoms with van der Waals surface area (Å²) in [5, 5.41) is 13.3. The van der Waals surface area contributed by atoms with Gasteiger partial charge in [-0.1, -0.05) is 0 Å². The number of hydrogen-bond donors (Lipinski definition) is 4. The Morgan fingerprint density at radius 1 is 1.25 bits per heavy atom. The van der Waals surface area contributed by atoms with Crippen molar-refractivity contribution < 1.29 is 0 Å². The van der Waals surface area contributed by atoms with Crippen molar-refractivity contribution in [1.82, 2.24) is 4.90 Å². The maximum atomic E-state index is 6.65. The van der Waals surface area contributed by atoms with E-state index in [9.17, 15) is 0 Å². The Morgan fingerprint density at radius 2 is 1.50 bits per heavy atom. The van der Waals surface area contributed by atoms with Gasteiger partial charge in [0, 0.05) is 7.05 Å². The fraction of sp³-hybridized carbons (Fsp3) is 0. The summed E-state index contributed by atoms with van der Waals surface area (Å²) >= 11 is 0. The average Bonchev–Trinajstić information content (AvgIpc) is 1.64. The Labute approximate surface area is 47.3 Å². The molecule has 0 heterocycles. The number of nitrogens with two attached hydrogens (primary N) is 2. The van der Waals surface area contributed by atoms with Gasteiger partial charge >= 0.3 is 0 Å². The number of hydrogen-bond acceptors (Lipinski definition) is 2. The molecule has 0 aromatic rings. The van der Waals surface area contributed by atoms with Crippen molar-refractivity contribution in [3.8, 4) is 0 Å². The summed E-state index contributed by atoms with van der Waals surface area (Å²) in [6.07, 6.45) is 0. The van der Waals surface area contributed by atoms with E-state index in [-0.39, 0.29) is 11.9 Å². The van der Waals surface area contributed by atoms with E-state index in [1.165, 1.54) is 0 Å². The molecule has 0 atom stereocenters. The molecule has 0 bridgehead atoms. The van der Waals surface area contributed by atoms with Crippen LogP contribution in [0.2, 0.25) is 0 Å². The molecule has 0 aromatic carbocycles. The summed E-state index contributed by atoms with van der Waals surface area (Å²) in [5.74, 6) is -0.671. The van der Waals surface area contributed by atoms with Crippen LogP contribution < -0.4 is 11.5 Å². The van der Waals surface area contributed by atoms with Gasteiger partial charge in [0.25, 0.3) is 0 Å². The standard InChI is InChI=1S/C3H8N5/c1-8(2(4)5)3(6)7/h1H2,(H3,4,5)(H3,6,7). The first-order valence-electron chi connectivity index (χ1n) is 1.84. The largest absolute Gasteiger partial charge is 0.370 e. The first-order chi connectivity index (χ1) is 3.55. The minimum Gasteiger partial charge on any atom is -0.370 e. The molecule has 0 aliphatic rings. The van der Waals surface area contributed by atoms with E-state index in [0.717, 1.165) is 4.90 Å². The molecule has 0 aromatic heterocycles. The molecule has 0 aliphatic heterocycles. The second-order valence-electron chi connectivity index (χ2n) is 1.20. The third-order valence-electron chi connectivity index (χ3n) is 0.582. The molecule has 0 unspecified atom stereocenters. The van der Waals surface area contributed by atoms with Crippen LogP contribution in [0.5, 0.6) is 0 Å². The van der Waals surface area contributed by atoms with Gasteiger partial charge in [0.1, 0.15) is 0 Å². The molecule has 8 heavy (non-hydrogen) atoms. The smallest absolute Gasteiger partial charge is 0.195 e. The summed E-state index contributed by atoms with van der Waals surface area (Å²) in [4.78, 5) is 0.806. The van der Waals surface area contributed by atoms with Crippen molar-refractivity contribution >= 4 is 11.9 Å². The monoisotopic (exact) mass is 114 g/mol. The molecule has 1 radical (unpaired) electrons. The Morgan fingerprint density at radius 3 is 1.50 bits per heavy atom. The average molecular weight is 114 g/mol. The summed E-state index contributed by atoms with van der Waals surface area (Å²) in [6.45, 7) is 0.